The van der Waals surface area contributed by atoms with Gasteiger partial charge in [0.05, 0.1) is 12.4 Å². The number of nitrogen functional groups attached to an aromatic ring is 1. The number of hydrogen-bond donors (Lipinski definition) is 3. The second kappa shape index (κ2) is 5.57. The third-order valence-electron chi connectivity index (χ3n) is 2.61. The van der Waals surface area contributed by atoms with E-state index >= 15 is 0 Å². The summed E-state index contributed by atoms with van der Waals surface area (Å²) in [6, 6.07) is -0.101. The van der Waals surface area contributed by atoms with E-state index in [2.05, 4.69) is 20.1 Å². The zero-order valence-corrected chi connectivity index (χ0v) is 10.5. The molecule has 0 aromatic carbocycles. The molecule has 0 aliphatic carbocycles. The molecule has 1 aromatic heterocycles. The second-order valence-electron chi connectivity index (χ2n) is 3.89. The lowest BCUT2D eigenvalue weighted by atomic mass is 10.1. The molecule has 100 valence electrons. The molecule has 2 rings (SSSR count). The van der Waals surface area contributed by atoms with Crippen LogP contribution in [0.25, 0.3) is 0 Å². The maximum atomic E-state index is 12.0. The van der Waals surface area contributed by atoms with Crippen LogP contribution >= 0.6 is 0 Å². The van der Waals surface area contributed by atoms with Crippen molar-refractivity contribution in [1.82, 2.24) is 14.7 Å². The number of nitrogens with two attached hydrogens (primary N) is 1. The smallest absolute Gasteiger partial charge is 0.243 e. The predicted octanol–water partition coefficient (Wildman–Crippen LogP) is -0.781. The highest BCUT2D eigenvalue weighted by Crippen LogP contribution is 2.12. The summed E-state index contributed by atoms with van der Waals surface area (Å²) in [4.78, 5) is 7.55. The molecule has 18 heavy (non-hydrogen) atoms. The molecule has 0 spiro atoms. The van der Waals surface area contributed by atoms with Crippen LogP contribution in [0.1, 0.15) is 12.8 Å². The molecule has 0 bridgehead atoms. The van der Waals surface area contributed by atoms with Crippen LogP contribution < -0.4 is 16.0 Å². The topological polar surface area (TPSA) is 119 Å². The van der Waals surface area contributed by atoms with Crippen LogP contribution in [0.5, 0.6) is 0 Å². The van der Waals surface area contributed by atoms with Gasteiger partial charge >= 0.3 is 0 Å². The van der Waals surface area contributed by atoms with E-state index in [0.717, 1.165) is 0 Å². The van der Waals surface area contributed by atoms with Gasteiger partial charge < -0.3 is 4.74 Å². The van der Waals surface area contributed by atoms with E-state index < -0.39 is 10.0 Å². The van der Waals surface area contributed by atoms with E-state index in [4.69, 9.17) is 10.6 Å². The summed E-state index contributed by atoms with van der Waals surface area (Å²) in [5.41, 5.74) is 2.23. The van der Waals surface area contributed by atoms with Gasteiger partial charge in [0, 0.05) is 19.3 Å². The van der Waals surface area contributed by atoms with Crippen molar-refractivity contribution < 1.29 is 13.2 Å². The number of rotatable bonds is 4. The van der Waals surface area contributed by atoms with Crippen molar-refractivity contribution in [3.63, 3.8) is 0 Å². The van der Waals surface area contributed by atoms with E-state index in [-0.39, 0.29) is 16.9 Å². The second-order valence-corrected chi connectivity index (χ2v) is 5.61. The normalized spacial score (nSPS) is 17.6. The van der Waals surface area contributed by atoms with Gasteiger partial charge in [-0.25, -0.2) is 29.0 Å². The Morgan fingerprint density at radius 2 is 1.89 bits per heavy atom. The van der Waals surface area contributed by atoms with Crippen LogP contribution in [-0.4, -0.2) is 37.6 Å². The number of nitrogens with one attached hydrogen (secondary N) is 2. The largest absolute Gasteiger partial charge is 0.381 e. The van der Waals surface area contributed by atoms with Gasteiger partial charge in [0.15, 0.2) is 0 Å². The first-order valence-electron chi connectivity index (χ1n) is 5.50. The van der Waals surface area contributed by atoms with Gasteiger partial charge in [-0.1, -0.05) is 0 Å². The molecule has 0 unspecified atom stereocenters. The number of hydrogen-bond acceptors (Lipinski definition) is 7. The average molecular weight is 273 g/mol. The first-order chi connectivity index (χ1) is 8.62. The third kappa shape index (κ3) is 3.13. The van der Waals surface area contributed by atoms with Crippen molar-refractivity contribution in [3.05, 3.63) is 12.4 Å². The summed E-state index contributed by atoms with van der Waals surface area (Å²) >= 11 is 0. The molecule has 0 saturated carbocycles. The quantitative estimate of drug-likeness (QED) is 0.486. The summed E-state index contributed by atoms with van der Waals surface area (Å²) in [7, 11) is -3.58. The Balaban J connectivity index is 2.08. The number of ether oxygens (including phenoxy) is 1. The van der Waals surface area contributed by atoms with Crippen LogP contribution in [0.3, 0.4) is 0 Å². The maximum absolute atomic E-state index is 12.0. The van der Waals surface area contributed by atoms with Crippen LogP contribution in [0.2, 0.25) is 0 Å². The molecular weight excluding hydrogens is 258 g/mol. The van der Waals surface area contributed by atoms with Crippen LogP contribution in [0, 0.1) is 0 Å². The highest BCUT2D eigenvalue weighted by atomic mass is 32.2. The fourth-order valence-corrected chi connectivity index (χ4v) is 2.83. The van der Waals surface area contributed by atoms with Gasteiger partial charge in [0.2, 0.25) is 16.0 Å². The number of aromatic nitrogens is 2. The molecule has 2 heterocycles. The van der Waals surface area contributed by atoms with E-state index in [1.807, 2.05) is 0 Å². The summed E-state index contributed by atoms with van der Waals surface area (Å²) in [6.07, 6.45) is 3.76. The molecule has 4 N–H and O–H groups in total. The van der Waals surface area contributed by atoms with E-state index in [0.29, 0.717) is 26.1 Å². The van der Waals surface area contributed by atoms with Crippen LogP contribution in [-0.2, 0) is 14.8 Å². The number of nitrogens with zero attached hydrogens (tertiary/aromatic N) is 2. The summed E-state index contributed by atoms with van der Waals surface area (Å²) in [5, 5.41) is 0. The zero-order valence-electron chi connectivity index (χ0n) is 9.67. The third-order valence-corrected chi connectivity index (χ3v) is 4.09. The Kier molecular flexibility index (Phi) is 4.07. The fraction of sp³-hybridized carbons (Fsp3) is 0.556. The van der Waals surface area contributed by atoms with Crippen molar-refractivity contribution >= 4 is 16.0 Å². The molecule has 1 aromatic rings. The molecule has 8 nitrogen and oxygen atoms in total. The van der Waals surface area contributed by atoms with Crippen molar-refractivity contribution in [3.8, 4) is 0 Å². The molecule has 1 saturated heterocycles. The Hall–Kier alpha value is -1.29. The lowest BCUT2D eigenvalue weighted by molar-refractivity contribution is 0.0832. The summed E-state index contributed by atoms with van der Waals surface area (Å²) in [5.74, 6) is 5.27. The highest BCUT2D eigenvalue weighted by molar-refractivity contribution is 7.89. The SMILES string of the molecule is NNc1ncc(S(=O)(=O)NC2CCOCC2)cn1. The standard InChI is InChI=1S/C9H15N5O3S/c10-13-9-11-5-8(6-12-9)18(15,16)14-7-1-3-17-4-2-7/h5-7,14H,1-4,10H2,(H,11,12,13). The molecule has 1 aliphatic rings. The summed E-state index contributed by atoms with van der Waals surface area (Å²) < 4.78 is 31.8. The van der Waals surface area contributed by atoms with Crippen LogP contribution in [0.4, 0.5) is 5.95 Å². The number of anilines is 1. The van der Waals surface area contributed by atoms with E-state index in [1.165, 1.54) is 12.4 Å². The van der Waals surface area contributed by atoms with Crippen molar-refractivity contribution in [2.24, 2.45) is 5.84 Å². The monoisotopic (exact) mass is 273 g/mol. The highest BCUT2D eigenvalue weighted by Gasteiger charge is 2.22. The van der Waals surface area contributed by atoms with Crippen molar-refractivity contribution in [1.29, 1.82) is 0 Å². The molecule has 0 amide bonds. The Bertz CT molecular complexity index is 483. The Morgan fingerprint density at radius 3 is 2.44 bits per heavy atom. The number of hydrazine groups is 1. The lowest BCUT2D eigenvalue weighted by Crippen LogP contribution is -2.38. The van der Waals surface area contributed by atoms with Gasteiger partial charge in [-0.15, -0.1) is 0 Å². The van der Waals surface area contributed by atoms with Gasteiger partial charge in [0.25, 0.3) is 0 Å². The first kappa shape index (κ1) is 13.1. The van der Waals surface area contributed by atoms with Gasteiger partial charge in [0.1, 0.15) is 4.90 Å². The molecule has 0 radical (unpaired) electrons. The average Bonchev–Trinajstić information content (AvgIpc) is 2.39. The maximum Gasteiger partial charge on any atom is 0.243 e. The first-order valence-corrected chi connectivity index (χ1v) is 6.99. The van der Waals surface area contributed by atoms with E-state index in [9.17, 15) is 8.42 Å². The number of sulfonamides is 1. The molecule has 0 atom stereocenters. The minimum absolute atomic E-state index is 0.0213. The Labute approximate surface area is 105 Å². The molecule has 9 heteroatoms. The Morgan fingerprint density at radius 1 is 1.28 bits per heavy atom. The molecule has 1 fully saturated rings. The van der Waals surface area contributed by atoms with Crippen molar-refractivity contribution in [2.45, 2.75) is 23.8 Å². The van der Waals surface area contributed by atoms with E-state index in [1.54, 1.807) is 0 Å². The van der Waals surface area contributed by atoms with Gasteiger partial charge in [-0.05, 0) is 12.8 Å². The van der Waals surface area contributed by atoms with Gasteiger partial charge in [-0.2, -0.15) is 0 Å². The predicted molar refractivity (Wildman–Crippen MR) is 64.0 cm³/mol. The minimum Gasteiger partial charge on any atom is -0.381 e. The lowest BCUT2D eigenvalue weighted by Gasteiger charge is -2.22. The molecule has 1 aliphatic heterocycles. The van der Waals surface area contributed by atoms with Gasteiger partial charge in [-0.3, -0.25) is 5.43 Å². The van der Waals surface area contributed by atoms with Crippen molar-refractivity contribution in [2.75, 3.05) is 18.6 Å². The zero-order chi connectivity index (χ0) is 13.0. The summed E-state index contributed by atoms with van der Waals surface area (Å²) in [6.45, 7) is 1.14. The van der Waals surface area contributed by atoms with Crippen LogP contribution in [0.15, 0.2) is 17.3 Å². The molecular formula is C9H15N5O3S. The fourth-order valence-electron chi connectivity index (χ4n) is 1.63. The minimum atomic E-state index is -3.58.